The highest BCUT2D eigenvalue weighted by molar-refractivity contribution is 7.47. The Morgan fingerprint density at radius 3 is 1.29 bits per heavy atom. The van der Waals surface area contributed by atoms with Crippen LogP contribution in [0.25, 0.3) is 0 Å². The molecule has 2 N–H and O–H groups in total. The van der Waals surface area contributed by atoms with E-state index in [0.717, 1.165) is 83.5 Å². The Morgan fingerprint density at radius 1 is 0.486 bits per heavy atom. The van der Waals surface area contributed by atoms with Gasteiger partial charge >= 0.3 is 13.8 Å². The van der Waals surface area contributed by atoms with E-state index in [-0.39, 0.29) is 31.5 Å². The van der Waals surface area contributed by atoms with Crippen molar-refractivity contribution in [1.29, 1.82) is 0 Å². The lowest BCUT2D eigenvalue weighted by atomic mass is 10.0. The number of hydrogen-bond donors (Lipinski definition) is 2. The Balaban J connectivity index is 5.24. The van der Waals surface area contributed by atoms with E-state index < -0.39 is 20.0 Å². The average Bonchev–Trinajstić information content (AvgIpc) is 3.34. The van der Waals surface area contributed by atoms with E-state index in [0.29, 0.717) is 17.4 Å². The van der Waals surface area contributed by atoms with Crippen molar-refractivity contribution in [2.75, 3.05) is 40.9 Å². The van der Waals surface area contributed by atoms with Crippen LogP contribution in [0.2, 0.25) is 0 Å². The third-order valence-electron chi connectivity index (χ3n) is 13.5. The van der Waals surface area contributed by atoms with Crippen molar-refractivity contribution in [1.82, 2.24) is 5.32 Å². The molecule has 0 radical (unpaired) electrons. The number of phosphoric acid groups is 1. The second-order valence-electron chi connectivity index (χ2n) is 21.9. The summed E-state index contributed by atoms with van der Waals surface area (Å²) in [4.78, 5) is 37.6. The van der Waals surface area contributed by atoms with Crippen molar-refractivity contribution >= 4 is 19.7 Å². The summed E-state index contributed by atoms with van der Waals surface area (Å²) in [5.41, 5.74) is 0. The molecule has 0 heterocycles. The average molecular weight is 1030 g/mol. The van der Waals surface area contributed by atoms with E-state index in [9.17, 15) is 19.0 Å². The first-order valence-electron chi connectivity index (χ1n) is 30.5. The molecule has 0 aromatic rings. The zero-order valence-corrected chi connectivity index (χ0v) is 49.1. The molecule has 0 aromatic heterocycles. The van der Waals surface area contributed by atoms with Crippen LogP contribution in [0.4, 0.5) is 0 Å². The number of rotatable bonds is 55. The normalized spacial score (nSPS) is 14.0. The van der Waals surface area contributed by atoms with E-state index in [1.54, 1.807) is 0 Å². The number of unbranched alkanes of at least 4 members (excludes halogenated alkanes) is 33. The van der Waals surface area contributed by atoms with Gasteiger partial charge in [-0.1, -0.05) is 250 Å². The van der Waals surface area contributed by atoms with Gasteiger partial charge in [0.15, 0.2) is 0 Å². The molecule has 0 saturated heterocycles. The molecule has 0 aromatic carbocycles. The molecular formula is C62H118N2O7P+. The largest absolute Gasteiger partial charge is 0.472 e. The number of carbonyl (C=O) groups is 2. The molecule has 0 fully saturated rings. The van der Waals surface area contributed by atoms with Crippen LogP contribution in [-0.4, -0.2) is 74.3 Å². The lowest BCUT2D eigenvalue weighted by Gasteiger charge is -2.27. The van der Waals surface area contributed by atoms with Crippen molar-refractivity contribution < 1.29 is 37.3 Å². The van der Waals surface area contributed by atoms with Crippen molar-refractivity contribution in [2.24, 2.45) is 0 Å². The smallest absolute Gasteiger partial charge is 0.456 e. The van der Waals surface area contributed by atoms with Gasteiger partial charge in [-0.15, -0.1) is 0 Å². The molecule has 10 heteroatoms. The van der Waals surface area contributed by atoms with Gasteiger partial charge in [0.25, 0.3) is 0 Å². The van der Waals surface area contributed by atoms with Crippen LogP contribution in [0.5, 0.6) is 0 Å². The third-order valence-corrected chi connectivity index (χ3v) is 14.5. The monoisotopic (exact) mass is 1030 g/mol. The van der Waals surface area contributed by atoms with Gasteiger partial charge in [0.2, 0.25) is 5.91 Å². The minimum atomic E-state index is -4.44. The summed E-state index contributed by atoms with van der Waals surface area (Å²) in [5, 5.41) is 3.05. The molecule has 9 nitrogen and oxygen atoms in total. The van der Waals surface area contributed by atoms with Crippen LogP contribution in [0.15, 0.2) is 48.6 Å². The van der Waals surface area contributed by atoms with Crippen LogP contribution >= 0.6 is 7.82 Å². The molecule has 3 atom stereocenters. The number of phosphoric ester groups is 1. The fraction of sp³-hybridized carbons (Fsp3) is 0.839. The minimum Gasteiger partial charge on any atom is -0.456 e. The first kappa shape index (κ1) is 70.0. The van der Waals surface area contributed by atoms with E-state index in [1.165, 1.54) is 167 Å². The fourth-order valence-electron chi connectivity index (χ4n) is 8.77. The summed E-state index contributed by atoms with van der Waals surface area (Å²) < 4.78 is 30.7. The molecule has 3 unspecified atom stereocenters. The molecule has 0 aliphatic rings. The zero-order valence-electron chi connectivity index (χ0n) is 48.2. The molecule has 422 valence electrons. The highest BCUT2D eigenvalue weighted by Crippen LogP contribution is 2.43. The quantitative estimate of drug-likeness (QED) is 0.0205. The number of amides is 1. The van der Waals surface area contributed by atoms with Crippen molar-refractivity contribution in [2.45, 2.75) is 296 Å². The predicted octanol–water partition coefficient (Wildman–Crippen LogP) is 18.5. The Kier molecular flexibility index (Phi) is 50.9. The molecule has 1 amide bonds. The number of nitrogens with one attached hydrogen (secondary N) is 1. The van der Waals surface area contributed by atoms with Crippen LogP contribution in [0.1, 0.15) is 284 Å². The molecule has 0 bridgehead atoms. The summed E-state index contributed by atoms with van der Waals surface area (Å²) in [6.45, 7) is 7.00. The SMILES string of the molecule is CCCCC/C=C\C/C=C\C/C=C\CCCCCCCCCCC(=O)OC(/C=C/CCCCCCCCCCCC)C(COP(=O)(O)OCC[N+](C)(C)C)NC(=O)CCCCCCCCCCCCCCC. The van der Waals surface area contributed by atoms with Crippen LogP contribution in [0.3, 0.4) is 0 Å². The Labute approximate surface area is 446 Å². The second-order valence-corrected chi connectivity index (χ2v) is 23.3. The van der Waals surface area contributed by atoms with Gasteiger partial charge in [-0.05, 0) is 70.3 Å². The van der Waals surface area contributed by atoms with Gasteiger partial charge in [-0.3, -0.25) is 18.6 Å². The van der Waals surface area contributed by atoms with E-state index in [4.69, 9.17) is 13.8 Å². The lowest BCUT2D eigenvalue weighted by Crippen LogP contribution is -2.47. The summed E-state index contributed by atoms with van der Waals surface area (Å²) >= 11 is 0. The first-order chi connectivity index (χ1) is 34.9. The number of nitrogens with zero attached hydrogens (tertiary/aromatic N) is 1. The maximum atomic E-state index is 13.5. The number of carbonyl (C=O) groups excluding carboxylic acids is 2. The van der Waals surface area contributed by atoms with E-state index in [1.807, 2.05) is 33.3 Å². The Hall–Kier alpha value is -2.03. The van der Waals surface area contributed by atoms with Crippen LogP contribution < -0.4 is 5.32 Å². The predicted molar refractivity (Wildman–Crippen MR) is 309 cm³/mol. The first-order valence-corrected chi connectivity index (χ1v) is 32.0. The standard InChI is InChI=1S/C62H117N2O7P/c1-7-10-13-16-19-22-25-28-29-30-31-32-33-34-35-37-40-43-46-49-52-55-62(66)71-60(53-50-47-44-41-38-27-24-21-18-15-12-9-3)59(58-70-72(67,68)69-57-56-64(4,5)6)63-61(65)54-51-48-45-42-39-36-26-23-20-17-14-11-8-2/h19,22,28-29,31-32,50,53,59-60H,7-18,20-21,23-27,30,33-49,51-52,54-58H2,1-6H3,(H-,63,65,67,68)/p+1/b22-19-,29-28-,32-31-,53-50+. The summed E-state index contributed by atoms with van der Waals surface area (Å²) in [6, 6.07) is -0.848. The van der Waals surface area contributed by atoms with E-state index in [2.05, 4.69) is 62.5 Å². The molecule has 0 aliphatic carbocycles. The van der Waals surface area contributed by atoms with Gasteiger partial charge < -0.3 is 19.4 Å². The fourth-order valence-corrected chi connectivity index (χ4v) is 9.51. The molecule has 0 rings (SSSR count). The summed E-state index contributed by atoms with van der Waals surface area (Å²) in [7, 11) is 1.50. The number of ether oxygens (including phenoxy) is 1. The van der Waals surface area contributed by atoms with Crippen LogP contribution in [0, 0.1) is 0 Å². The maximum Gasteiger partial charge on any atom is 0.472 e. The van der Waals surface area contributed by atoms with E-state index >= 15 is 0 Å². The second kappa shape index (κ2) is 52.4. The summed E-state index contributed by atoms with van der Waals surface area (Å²) in [5.74, 6) is -0.505. The maximum absolute atomic E-state index is 13.5. The van der Waals surface area contributed by atoms with Crippen molar-refractivity contribution in [3.8, 4) is 0 Å². The number of likely N-dealkylation sites (N-methyl/N-ethyl adjacent to an activating group) is 1. The number of hydrogen-bond acceptors (Lipinski definition) is 6. The lowest BCUT2D eigenvalue weighted by molar-refractivity contribution is -0.870. The Bertz CT molecular complexity index is 1380. The topological polar surface area (TPSA) is 111 Å². The highest BCUT2D eigenvalue weighted by atomic mass is 31.2. The third kappa shape index (κ3) is 52.8. The number of esters is 1. The zero-order chi connectivity index (χ0) is 52.9. The molecular weight excluding hydrogens is 916 g/mol. The van der Waals surface area contributed by atoms with Crippen molar-refractivity contribution in [3.05, 3.63) is 48.6 Å². The molecule has 0 saturated carbocycles. The number of quaternary nitrogens is 1. The van der Waals surface area contributed by atoms with Gasteiger partial charge in [0.1, 0.15) is 19.3 Å². The Morgan fingerprint density at radius 2 is 0.847 bits per heavy atom. The van der Waals surface area contributed by atoms with Gasteiger partial charge in [0.05, 0.1) is 33.8 Å². The van der Waals surface area contributed by atoms with Crippen molar-refractivity contribution in [3.63, 3.8) is 0 Å². The van der Waals surface area contributed by atoms with Crippen LogP contribution in [-0.2, 0) is 27.9 Å². The molecule has 72 heavy (non-hydrogen) atoms. The summed E-state index contributed by atoms with van der Waals surface area (Å²) in [6.07, 6.45) is 63.8. The highest BCUT2D eigenvalue weighted by Gasteiger charge is 2.30. The van der Waals surface area contributed by atoms with Gasteiger partial charge in [0, 0.05) is 12.8 Å². The number of allylic oxidation sites excluding steroid dienone is 7. The van der Waals surface area contributed by atoms with Gasteiger partial charge in [-0.25, -0.2) is 4.57 Å². The molecule has 0 aliphatic heterocycles. The van der Waals surface area contributed by atoms with Gasteiger partial charge in [-0.2, -0.15) is 0 Å². The molecule has 0 spiro atoms. The minimum absolute atomic E-state index is 0.0400.